The van der Waals surface area contributed by atoms with Gasteiger partial charge in [-0.25, -0.2) is 9.78 Å². The van der Waals surface area contributed by atoms with Crippen molar-refractivity contribution >= 4 is 6.09 Å². The Morgan fingerprint density at radius 2 is 2.20 bits per heavy atom. The predicted molar refractivity (Wildman–Crippen MR) is 95.1 cm³/mol. The summed E-state index contributed by atoms with van der Waals surface area (Å²) < 4.78 is 7.42. The van der Waals surface area contributed by atoms with Gasteiger partial charge in [-0.2, -0.15) is 0 Å². The fourth-order valence-electron chi connectivity index (χ4n) is 2.92. The summed E-state index contributed by atoms with van der Waals surface area (Å²) in [5.41, 5.74) is 2.63. The molecule has 0 bridgehead atoms. The molecule has 1 amide bonds. The van der Waals surface area contributed by atoms with Crippen molar-refractivity contribution in [2.45, 2.75) is 58.7 Å². The molecule has 6 nitrogen and oxygen atoms in total. The summed E-state index contributed by atoms with van der Waals surface area (Å²) in [6.45, 7) is 8.39. The minimum Gasteiger partial charge on any atom is -0.444 e. The number of hydrogen-bond acceptors (Lipinski definition) is 4. The van der Waals surface area contributed by atoms with Crippen LogP contribution in [0.25, 0.3) is 0 Å². The molecule has 0 radical (unpaired) electrons. The monoisotopic (exact) mass is 342 g/mol. The van der Waals surface area contributed by atoms with E-state index >= 15 is 0 Å². The van der Waals surface area contributed by atoms with Crippen molar-refractivity contribution in [3.63, 3.8) is 0 Å². The van der Waals surface area contributed by atoms with Crippen molar-refractivity contribution < 1.29 is 9.53 Å². The number of imidazole rings is 1. The number of hydrogen-bond donors (Lipinski definition) is 1. The van der Waals surface area contributed by atoms with Gasteiger partial charge in [-0.15, -0.1) is 0 Å². The van der Waals surface area contributed by atoms with Crippen molar-refractivity contribution in [1.29, 1.82) is 0 Å². The zero-order chi connectivity index (χ0) is 18.0. The van der Waals surface area contributed by atoms with Crippen LogP contribution in [0.15, 0.2) is 31.0 Å². The van der Waals surface area contributed by atoms with E-state index in [9.17, 15) is 4.79 Å². The Balaban J connectivity index is 1.74. The van der Waals surface area contributed by atoms with E-state index in [1.54, 1.807) is 12.5 Å². The number of nitrogens with one attached hydrogen (secondary N) is 1. The van der Waals surface area contributed by atoms with Gasteiger partial charge in [-0.1, -0.05) is 6.07 Å². The minimum absolute atomic E-state index is 0.0860. The van der Waals surface area contributed by atoms with E-state index in [0.29, 0.717) is 5.92 Å². The van der Waals surface area contributed by atoms with Crippen LogP contribution in [0.4, 0.5) is 4.79 Å². The van der Waals surface area contributed by atoms with E-state index in [1.807, 2.05) is 44.7 Å². The molecule has 0 aromatic carbocycles. The molecule has 1 N–H and O–H groups in total. The van der Waals surface area contributed by atoms with Gasteiger partial charge in [0.1, 0.15) is 5.60 Å². The molecule has 0 aliphatic heterocycles. The number of nitrogens with zero attached hydrogens (tertiary/aromatic N) is 3. The van der Waals surface area contributed by atoms with Crippen molar-refractivity contribution in [3.05, 3.63) is 47.8 Å². The fraction of sp³-hybridized carbons (Fsp3) is 0.526. The van der Waals surface area contributed by atoms with E-state index in [4.69, 9.17) is 4.74 Å². The third kappa shape index (κ3) is 4.81. The quantitative estimate of drug-likeness (QED) is 0.901. The molecular weight excluding hydrogens is 316 g/mol. The van der Waals surface area contributed by atoms with E-state index in [1.165, 1.54) is 0 Å². The Hall–Kier alpha value is -2.37. The van der Waals surface area contributed by atoms with Crippen LogP contribution >= 0.6 is 0 Å². The molecule has 2 heterocycles. The highest BCUT2D eigenvalue weighted by Gasteiger charge is 2.36. The molecule has 1 unspecified atom stereocenters. The summed E-state index contributed by atoms with van der Waals surface area (Å²) in [4.78, 5) is 20.9. The lowest BCUT2D eigenvalue weighted by Crippen LogP contribution is -2.36. The number of rotatable bonds is 5. The van der Waals surface area contributed by atoms with Crippen molar-refractivity contribution in [2.75, 3.05) is 0 Å². The summed E-state index contributed by atoms with van der Waals surface area (Å²) in [5.74, 6) is 0.443. The maximum Gasteiger partial charge on any atom is 0.408 e. The van der Waals surface area contributed by atoms with Gasteiger partial charge in [0.25, 0.3) is 0 Å². The van der Waals surface area contributed by atoms with Crippen molar-refractivity contribution in [1.82, 2.24) is 19.9 Å². The SMILES string of the molecule is Cc1cc(Cn2ccnc2)cnc1C(NC(=O)OC(C)(C)C)C1CC1. The van der Waals surface area contributed by atoms with Crippen LogP contribution in [0, 0.1) is 12.8 Å². The van der Waals surface area contributed by atoms with E-state index in [0.717, 1.165) is 36.2 Å². The second-order valence-corrected chi connectivity index (χ2v) is 7.74. The van der Waals surface area contributed by atoms with Crippen molar-refractivity contribution in [2.24, 2.45) is 5.92 Å². The van der Waals surface area contributed by atoms with Crippen LogP contribution in [0.3, 0.4) is 0 Å². The molecule has 1 saturated carbocycles. The summed E-state index contributed by atoms with van der Waals surface area (Å²) in [7, 11) is 0. The molecule has 0 saturated heterocycles. The van der Waals surface area contributed by atoms with Gasteiger partial charge in [-0.3, -0.25) is 4.98 Å². The largest absolute Gasteiger partial charge is 0.444 e. The van der Waals surface area contributed by atoms with Crippen molar-refractivity contribution in [3.8, 4) is 0 Å². The highest BCUT2D eigenvalue weighted by atomic mass is 16.6. The number of pyridine rings is 1. The van der Waals surface area contributed by atoms with Gasteiger partial charge in [0, 0.05) is 18.6 Å². The highest BCUT2D eigenvalue weighted by Crippen LogP contribution is 2.41. The lowest BCUT2D eigenvalue weighted by atomic mass is 10.0. The van der Waals surface area contributed by atoms with Gasteiger partial charge < -0.3 is 14.6 Å². The molecule has 1 atom stereocenters. The summed E-state index contributed by atoms with van der Waals surface area (Å²) in [6, 6.07) is 2.05. The molecule has 134 valence electrons. The molecule has 1 aliphatic rings. The summed E-state index contributed by atoms with van der Waals surface area (Å²) in [6.07, 6.45) is 9.21. The van der Waals surface area contributed by atoms with Crippen LogP contribution in [0.5, 0.6) is 0 Å². The lowest BCUT2D eigenvalue weighted by Gasteiger charge is -2.24. The first kappa shape index (κ1) is 17.5. The third-order valence-electron chi connectivity index (χ3n) is 4.16. The fourth-order valence-corrected chi connectivity index (χ4v) is 2.92. The van der Waals surface area contributed by atoms with Gasteiger partial charge in [-0.05, 0) is 57.6 Å². The Morgan fingerprint density at radius 3 is 2.76 bits per heavy atom. The Labute approximate surface area is 148 Å². The van der Waals surface area contributed by atoms with E-state index in [-0.39, 0.29) is 12.1 Å². The number of ether oxygens (including phenoxy) is 1. The van der Waals surface area contributed by atoms with Crippen LogP contribution in [0.2, 0.25) is 0 Å². The molecule has 6 heteroatoms. The topological polar surface area (TPSA) is 69.0 Å². The number of carbonyl (C=O) groups is 1. The summed E-state index contributed by atoms with van der Waals surface area (Å²) in [5, 5.41) is 3.02. The first-order valence-corrected chi connectivity index (χ1v) is 8.72. The third-order valence-corrected chi connectivity index (χ3v) is 4.16. The smallest absolute Gasteiger partial charge is 0.408 e. The van der Waals surface area contributed by atoms with Gasteiger partial charge in [0.05, 0.1) is 24.6 Å². The van der Waals surface area contributed by atoms with Crippen LogP contribution in [-0.4, -0.2) is 26.2 Å². The standard InChI is InChI=1S/C19H26N4O2/c1-13-9-14(11-23-8-7-20-12-23)10-21-16(13)17(15-5-6-15)22-18(24)25-19(2,3)4/h7-10,12,15,17H,5-6,11H2,1-4H3,(H,22,24). The minimum atomic E-state index is -0.505. The van der Waals surface area contributed by atoms with Crippen LogP contribution in [-0.2, 0) is 11.3 Å². The van der Waals surface area contributed by atoms with Crippen LogP contribution in [0.1, 0.15) is 56.5 Å². The first-order chi connectivity index (χ1) is 11.8. The van der Waals surface area contributed by atoms with E-state index < -0.39 is 5.60 Å². The molecular formula is C19H26N4O2. The Bertz CT molecular complexity index is 730. The highest BCUT2D eigenvalue weighted by molar-refractivity contribution is 5.68. The number of aromatic nitrogens is 3. The molecule has 1 aliphatic carbocycles. The molecule has 25 heavy (non-hydrogen) atoms. The number of aryl methyl sites for hydroxylation is 1. The zero-order valence-corrected chi connectivity index (χ0v) is 15.3. The maximum absolute atomic E-state index is 12.2. The second-order valence-electron chi connectivity index (χ2n) is 7.74. The van der Waals surface area contributed by atoms with Gasteiger partial charge >= 0.3 is 6.09 Å². The molecule has 1 fully saturated rings. The average Bonchev–Trinajstić information content (AvgIpc) is 3.22. The first-order valence-electron chi connectivity index (χ1n) is 8.72. The van der Waals surface area contributed by atoms with Gasteiger partial charge in [0.15, 0.2) is 0 Å². The summed E-state index contributed by atoms with van der Waals surface area (Å²) >= 11 is 0. The predicted octanol–water partition coefficient (Wildman–Crippen LogP) is 3.61. The number of alkyl carbamates (subject to hydrolysis) is 1. The Kier molecular flexibility index (Phi) is 4.79. The van der Waals surface area contributed by atoms with E-state index in [2.05, 4.69) is 21.4 Å². The number of carbonyl (C=O) groups excluding carboxylic acids is 1. The van der Waals surface area contributed by atoms with Gasteiger partial charge in [0.2, 0.25) is 0 Å². The average molecular weight is 342 g/mol. The molecule has 3 rings (SSSR count). The lowest BCUT2D eigenvalue weighted by molar-refractivity contribution is 0.0495. The normalized spacial score (nSPS) is 15.7. The zero-order valence-electron chi connectivity index (χ0n) is 15.3. The molecule has 2 aromatic heterocycles. The van der Waals surface area contributed by atoms with Crippen LogP contribution < -0.4 is 5.32 Å². The number of amides is 1. The maximum atomic E-state index is 12.2. The Morgan fingerprint density at radius 1 is 1.44 bits per heavy atom. The molecule has 0 spiro atoms. The molecule has 2 aromatic rings. The second kappa shape index (κ2) is 6.86.